The average Bonchev–Trinajstić information content (AvgIpc) is 2.66. The molecule has 15 heavy (non-hydrogen) atoms. The van der Waals surface area contributed by atoms with E-state index in [1.165, 1.54) is 12.8 Å². The SMILES string of the molecule is CC(C)C(C)CC(=O)NCC1CCCN1. The van der Waals surface area contributed by atoms with Crippen LogP contribution < -0.4 is 10.6 Å². The van der Waals surface area contributed by atoms with E-state index >= 15 is 0 Å². The van der Waals surface area contributed by atoms with Crippen LogP contribution in [0, 0.1) is 11.8 Å². The molecule has 3 heteroatoms. The number of hydrogen-bond acceptors (Lipinski definition) is 2. The molecule has 0 radical (unpaired) electrons. The first-order valence-electron chi connectivity index (χ1n) is 6.09. The van der Waals surface area contributed by atoms with E-state index in [2.05, 4.69) is 31.4 Å². The zero-order valence-corrected chi connectivity index (χ0v) is 10.2. The highest BCUT2D eigenvalue weighted by atomic mass is 16.1. The number of nitrogens with one attached hydrogen (secondary N) is 2. The van der Waals surface area contributed by atoms with E-state index in [9.17, 15) is 4.79 Å². The van der Waals surface area contributed by atoms with Crippen molar-refractivity contribution >= 4 is 5.91 Å². The summed E-state index contributed by atoms with van der Waals surface area (Å²) in [6.07, 6.45) is 3.09. The van der Waals surface area contributed by atoms with E-state index in [4.69, 9.17) is 0 Å². The van der Waals surface area contributed by atoms with E-state index < -0.39 is 0 Å². The van der Waals surface area contributed by atoms with Gasteiger partial charge >= 0.3 is 0 Å². The lowest BCUT2D eigenvalue weighted by Crippen LogP contribution is -2.37. The monoisotopic (exact) mass is 212 g/mol. The molecule has 0 aliphatic carbocycles. The number of carbonyl (C=O) groups is 1. The lowest BCUT2D eigenvalue weighted by Gasteiger charge is -2.16. The number of rotatable bonds is 5. The minimum atomic E-state index is 0.199. The van der Waals surface area contributed by atoms with Crippen LogP contribution >= 0.6 is 0 Å². The van der Waals surface area contributed by atoms with Crippen LogP contribution in [0.25, 0.3) is 0 Å². The largest absolute Gasteiger partial charge is 0.355 e. The zero-order valence-electron chi connectivity index (χ0n) is 10.2. The van der Waals surface area contributed by atoms with Gasteiger partial charge in [0.1, 0.15) is 0 Å². The van der Waals surface area contributed by atoms with Gasteiger partial charge in [-0.3, -0.25) is 4.79 Å². The normalized spacial score (nSPS) is 23.1. The fourth-order valence-electron chi connectivity index (χ4n) is 1.77. The molecule has 2 atom stereocenters. The van der Waals surface area contributed by atoms with Crippen molar-refractivity contribution in [1.29, 1.82) is 0 Å². The molecule has 0 aromatic rings. The molecular weight excluding hydrogens is 188 g/mol. The van der Waals surface area contributed by atoms with Crippen molar-refractivity contribution in [2.45, 2.75) is 46.1 Å². The molecule has 0 bridgehead atoms. The maximum absolute atomic E-state index is 11.6. The van der Waals surface area contributed by atoms with Gasteiger partial charge in [-0.1, -0.05) is 20.8 Å². The molecule has 2 N–H and O–H groups in total. The highest BCUT2D eigenvalue weighted by Crippen LogP contribution is 2.13. The Balaban J connectivity index is 2.12. The van der Waals surface area contributed by atoms with Gasteiger partial charge in [0, 0.05) is 19.0 Å². The van der Waals surface area contributed by atoms with E-state index in [-0.39, 0.29) is 5.91 Å². The summed E-state index contributed by atoms with van der Waals surface area (Å²) in [5.41, 5.74) is 0. The first kappa shape index (κ1) is 12.5. The third-order valence-corrected chi connectivity index (χ3v) is 3.35. The average molecular weight is 212 g/mol. The number of hydrogen-bond donors (Lipinski definition) is 2. The molecule has 1 aliphatic heterocycles. The Kier molecular flexibility index (Phi) is 5.09. The summed E-state index contributed by atoms with van der Waals surface area (Å²) in [6, 6.07) is 0.503. The third-order valence-electron chi connectivity index (χ3n) is 3.35. The number of amides is 1. The van der Waals surface area contributed by atoms with Crippen LogP contribution in [0.5, 0.6) is 0 Å². The van der Waals surface area contributed by atoms with Gasteiger partial charge in [-0.15, -0.1) is 0 Å². The molecule has 0 aromatic carbocycles. The van der Waals surface area contributed by atoms with Crippen molar-refractivity contribution in [2.24, 2.45) is 11.8 Å². The molecule has 1 fully saturated rings. The van der Waals surface area contributed by atoms with Crippen molar-refractivity contribution in [3.63, 3.8) is 0 Å². The molecule has 0 aromatic heterocycles. The first-order chi connectivity index (χ1) is 7.09. The van der Waals surface area contributed by atoms with Crippen molar-refractivity contribution in [2.75, 3.05) is 13.1 Å². The molecule has 2 unspecified atom stereocenters. The van der Waals surface area contributed by atoms with Crippen LogP contribution in [-0.2, 0) is 4.79 Å². The molecule has 3 nitrogen and oxygen atoms in total. The van der Waals surface area contributed by atoms with Crippen LogP contribution in [0.4, 0.5) is 0 Å². The summed E-state index contributed by atoms with van der Waals surface area (Å²) in [5, 5.41) is 6.38. The summed E-state index contributed by atoms with van der Waals surface area (Å²) in [6.45, 7) is 8.36. The molecule has 1 amide bonds. The summed E-state index contributed by atoms with van der Waals surface area (Å²) < 4.78 is 0. The van der Waals surface area contributed by atoms with Crippen molar-refractivity contribution < 1.29 is 4.79 Å². The fourth-order valence-corrected chi connectivity index (χ4v) is 1.77. The van der Waals surface area contributed by atoms with Crippen LogP contribution in [0.2, 0.25) is 0 Å². The predicted molar refractivity (Wildman–Crippen MR) is 62.7 cm³/mol. The van der Waals surface area contributed by atoms with Gasteiger partial charge in [-0.25, -0.2) is 0 Å². The third kappa shape index (κ3) is 4.65. The highest BCUT2D eigenvalue weighted by molar-refractivity contribution is 5.76. The van der Waals surface area contributed by atoms with Crippen molar-refractivity contribution in [3.8, 4) is 0 Å². The topological polar surface area (TPSA) is 41.1 Å². The van der Waals surface area contributed by atoms with Gasteiger partial charge < -0.3 is 10.6 Å². The van der Waals surface area contributed by atoms with Crippen LogP contribution in [0.3, 0.4) is 0 Å². The summed E-state index contributed by atoms with van der Waals surface area (Å²) in [4.78, 5) is 11.6. The molecular formula is C12H24N2O. The van der Waals surface area contributed by atoms with Gasteiger partial charge in [0.05, 0.1) is 0 Å². The van der Waals surface area contributed by atoms with E-state index in [0.29, 0.717) is 24.3 Å². The Bertz CT molecular complexity index is 198. The predicted octanol–water partition coefficient (Wildman–Crippen LogP) is 1.54. The van der Waals surface area contributed by atoms with Crippen LogP contribution in [0.15, 0.2) is 0 Å². The standard InChI is InChI=1S/C12H24N2O/c1-9(2)10(3)7-12(15)14-8-11-5-4-6-13-11/h9-11,13H,4-8H2,1-3H3,(H,14,15). The molecule has 0 spiro atoms. The Morgan fingerprint density at radius 2 is 2.20 bits per heavy atom. The Hall–Kier alpha value is -0.570. The van der Waals surface area contributed by atoms with Gasteiger partial charge in [0.2, 0.25) is 5.91 Å². The molecule has 1 saturated heterocycles. The lowest BCUT2D eigenvalue weighted by atomic mass is 9.94. The van der Waals surface area contributed by atoms with E-state index in [1.54, 1.807) is 0 Å². The summed E-state index contributed by atoms with van der Waals surface area (Å²) >= 11 is 0. The fraction of sp³-hybridized carbons (Fsp3) is 0.917. The van der Waals surface area contributed by atoms with Crippen LogP contribution in [0.1, 0.15) is 40.0 Å². The maximum atomic E-state index is 11.6. The highest BCUT2D eigenvalue weighted by Gasteiger charge is 2.16. The smallest absolute Gasteiger partial charge is 0.220 e. The molecule has 1 aliphatic rings. The maximum Gasteiger partial charge on any atom is 0.220 e. The second-order valence-electron chi connectivity index (χ2n) is 5.02. The first-order valence-corrected chi connectivity index (χ1v) is 6.09. The van der Waals surface area contributed by atoms with Crippen molar-refractivity contribution in [3.05, 3.63) is 0 Å². The van der Waals surface area contributed by atoms with Gasteiger partial charge in [0.25, 0.3) is 0 Å². The van der Waals surface area contributed by atoms with E-state index in [0.717, 1.165) is 13.1 Å². The second kappa shape index (κ2) is 6.11. The Morgan fingerprint density at radius 1 is 1.47 bits per heavy atom. The number of carbonyl (C=O) groups excluding carboxylic acids is 1. The molecule has 1 rings (SSSR count). The van der Waals surface area contributed by atoms with Crippen LogP contribution in [-0.4, -0.2) is 25.0 Å². The second-order valence-corrected chi connectivity index (χ2v) is 5.02. The van der Waals surface area contributed by atoms with Gasteiger partial charge in [-0.2, -0.15) is 0 Å². The quantitative estimate of drug-likeness (QED) is 0.726. The molecule has 1 heterocycles. The summed E-state index contributed by atoms with van der Waals surface area (Å²) in [7, 11) is 0. The molecule has 0 saturated carbocycles. The van der Waals surface area contributed by atoms with Gasteiger partial charge in [0.15, 0.2) is 0 Å². The Morgan fingerprint density at radius 3 is 2.73 bits per heavy atom. The van der Waals surface area contributed by atoms with E-state index in [1.807, 2.05) is 0 Å². The van der Waals surface area contributed by atoms with Crippen molar-refractivity contribution in [1.82, 2.24) is 10.6 Å². The summed E-state index contributed by atoms with van der Waals surface area (Å²) in [5.74, 6) is 1.26. The van der Waals surface area contributed by atoms with Gasteiger partial charge in [-0.05, 0) is 31.2 Å². The minimum absolute atomic E-state index is 0.199. The zero-order chi connectivity index (χ0) is 11.3. The molecule has 88 valence electrons. The minimum Gasteiger partial charge on any atom is -0.355 e. The lowest BCUT2D eigenvalue weighted by molar-refractivity contribution is -0.122. The Labute approximate surface area is 93.0 Å².